The number of hydrogen-bond donors (Lipinski definition) is 2. The molecule has 0 radical (unpaired) electrons. The van der Waals surface area contributed by atoms with Crippen molar-refractivity contribution in [2.24, 2.45) is 0 Å². The number of hydrogen-bond acceptors (Lipinski definition) is 3. The van der Waals surface area contributed by atoms with Crippen molar-refractivity contribution in [3.05, 3.63) is 89.0 Å². The molecule has 0 saturated carbocycles. The topological polar surface area (TPSA) is 67.4 Å². The third-order valence-electron chi connectivity index (χ3n) is 4.76. The maximum atomic E-state index is 12.7. The first kappa shape index (κ1) is 21.1. The van der Waals surface area contributed by atoms with E-state index in [0.29, 0.717) is 17.0 Å². The summed E-state index contributed by atoms with van der Waals surface area (Å²) in [4.78, 5) is 25.4. The second-order valence-corrected chi connectivity index (χ2v) is 7.34. The SMILES string of the molecule is Cc1cc(C)c(NC(=O)[C@H](C)Oc2ccccc2C(=O)Nc2ccccc2)c(C)c1. The molecule has 0 spiro atoms. The third kappa shape index (κ3) is 5.06. The van der Waals surface area contributed by atoms with Gasteiger partial charge in [-0.3, -0.25) is 9.59 Å². The Morgan fingerprint density at radius 3 is 2.10 bits per heavy atom. The second kappa shape index (κ2) is 9.27. The molecule has 0 aliphatic rings. The number of para-hydroxylation sites is 2. The summed E-state index contributed by atoms with van der Waals surface area (Å²) in [6.45, 7) is 7.61. The summed E-state index contributed by atoms with van der Waals surface area (Å²) < 4.78 is 5.87. The van der Waals surface area contributed by atoms with E-state index in [9.17, 15) is 9.59 Å². The third-order valence-corrected chi connectivity index (χ3v) is 4.76. The van der Waals surface area contributed by atoms with Gasteiger partial charge in [0.05, 0.1) is 5.56 Å². The van der Waals surface area contributed by atoms with E-state index in [1.807, 2.05) is 63.2 Å². The van der Waals surface area contributed by atoms with E-state index in [-0.39, 0.29) is 11.8 Å². The van der Waals surface area contributed by atoms with E-state index in [1.54, 1.807) is 31.2 Å². The Bertz CT molecular complexity index is 1040. The van der Waals surface area contributed by atoms with Crippen molar-refractivity contribution in [3.63, 3.8) is 0 Å². The predicted molar refractivity (Wildman–Crippen MR) is 120 cm³/mol. The number of anilines is 2. The van der Waals surface area contributed by atoms with Crippen LogP contribution in [0.25, 0.3) is 0 Å². The smallest absolute Gasteiger partial charge is 0.265 e. The summed E-state index contributed by atoms with van der Waals surface area (Å²) >= 11 is 0. The zero-order valence-corrected chi connectivity index (χ0v) is 17.7. The number of amides is 2. The normalized spacial score (nSPS) is 11.5. The van der Waals surface area contributed by atoms with Gasteiger partial charge in [0, 0.05) is 11.4 Å². The minimum Gasteiger partial charge on any atom is -0.480 e. The lowest BCUT2D eigenvalue weighted by atomic mass is 10.0. The van der Waals surface area contributed by atoms with E-state index < -0.39 is 6.10 Å². The Morgan fingerprint density at radius 2 is 1.43 bits per heavy atom. The van der Waals surface area contributed by atoms with Crippen LogP contribution in [0, 0.1) is 20.8 Å². The molecule has 0 heterocycles. The molecule has 0 bridgehead atoms. The van der Waals surface area contributed by atoms with Crippen molar-refractivity contribution in [1.29, 1.82) is 0 Å². The molecule has 3 rings (SSSR count). The van der Waals surface area contributed by atoms with Gasteiger partial charge in [0.25, 0.3) is 11.8 Å². The van der Waals surface area contributed by atoms with E-state index in [2.05, 4.69) is 10.6 Å². The summed E-state index contributed by atoms with van der Waals surface area (Å²) in [6.07, 6.45) is -0.782. The molecule has 0 unspecified atom stereocenters. The van der Waals surface area contributed by atoms with Crippen molar-refractivity contribution in [2.75, 3.05) is 10.6 Å². The summed E-state index contributed by atoms with van der Waals surface area (Å²) in [7, 11) is 0. The first-order chi connectivity index (χ1) is 14.3. The van der Waals surface area contributed by atoms with Crippen molar-refractivity contribution >= 4 is 23.2 Å². The van der Waals surface area contributed by atoms with Crippen LogP contribution in [0.15, 0.2) is 66.7 Å². The van der Waals surface area contributed by atoms with Crippen molar-refractivity contribution in [3.8, 4) is 5.75 Å². The maximum absolute atomic E-state index is 12.7. The molecule has 0 aliphatic carbocycles. The molecule has 5 nitrogen and oxygen atoms in total. The highest BCUT2D eigenvalue weighted by Gasteiger charge is 2.20. The van der Waals surface area contributed by atoms with Crippen LogP contribution >= 0.6 is 0 Å². The van der Waals surface area contributed by atoms with E-state index in [1.165, 1.54) is 0 Å². The van der Waals surface area contributed by atoms with Gasteiger partial charge in [0.1, 0.15) is 5.75 Å². The molecular formula is C25H26N2O3. The van der Waals surface area contributed by atoms with Crippen molar-refractivity contribution < 1.29 is 14.3 Å². The van der Waals surface area contributed by atoms with Crippen LogP contribution in [0.2, 0.25) is 0 Å². The molecular weight excluding hydrogens is 376 g/mol. The minimum atomic E-state index is -0.782. The Kier molecular flexibility index (Phi) is 6.52. The first-order valence-electron chi connectivity index (χ1n) is 9.86. The van der Waals surface area contributed by atoms with Gasteiger partial charge in [0.15, 0.2) is 6.10 Å². The van der Waals surface area contributed by atoms with Gasteiger partial charge >= 0.3 is 0 Å². The monoisotopic (exact) mass is 402 g/mol. The average Bonchev–Trinajstić information content (AvgIpc) is 2.71. The summed E-state index contributed by atoms with van der Waals surface area (Å²) in [5.41, 5.74) is 4.98. The van der Waals surface area contributed by atoms with Gasteiger partial charge in [-0.15, -0.1) is 0 Å². The number of aryl methyl sites for hydroxylation is 3. The Balaban J connectivity index is 1.73. The lowest BCUT2D eigenvalue weighted by molar-refractivity contribution is -0.122. The standard InChI is InChI=1S/C25H26N2O3/c1-16-14-17(2)23(18(3)15-16)27-24(28)19(4)30-22-13-9-8-12-21(22)25(29)26-20-10-6-5-7-11-20/h5-15,19H,1-4H3,(H,26,29)(H,27,28)/t19-/m0/s1. The van der Waals surface area contributed by atoms with Crippen LogP contribution in [-0.4, -0.2) is 17.9 Å². The summed E-state index contributed by atoms with van der Waals surface area (Å²) in [5.74, 6) is -0.219. The lowest BCUT2D eigenvalue weighted by Crippen LogP contribution is -2.31. The fraction of sp³-hybridized carbons (Fsp3) is 0.200. The highest BCUT2D eigenvalue weighted by molar-refractivity contribution is 6.06. The molecule has 0 aliphatic heterocycles. The molecule has 0 fully saturated rings. The summed E-state index contributed by atoms with van der Waals surface area (Å²) in [5, 5.41) is 5.79. The van der Waals surface area contributed by atoms with Gasteiger partial charge in [-0.05, 0) is 63.1 Å². The number of nitrogens with one attached hydrogen (secondary N) is 2. The van der Waals surface area contributed by atoms with Crippen LogP contribution in [0.1, 0.15) is 34.0 Å². The zero-order valence-electron chi connectivity index (χ0n) is 17.7. The zero-order chi connectivity index (χ0) is 21.7. The molecule has 3 aromatic carbocycles. The quantitative estimate of drug-likeness (QED) is 0.590. The fourth-order valence-corrected chi connectivity index (χ4v) is 3.32. The lowest BCUT2D eigenvalue weighted by Gasteiger charge is -2.19. The molecule has 30 heavy (non-hydrogen) atoms. The number of benzene rings is 3. The van der Waals surface area contributed by atoms with Crippen molar-refractivity contribution in [2.45, 2.75) is 33.8 Å². The maximum Gasteiger partial charge on any atom is 0.265 e. The van der Waals surface area contributed by atoms with Crippen molar-refractivity contribution in [1.82, 2.24) is 0 Å². The number of carbonyl (C=O) groups is 2. The van der Waals surface area contributed by atoms with Gasteiger partial charge in [-0.2, -0.15) is 0 Å². The van der Waals surface area contributed by atoms with E-state index in [4.69, 9.17) is 4.74 Å². The van der Waals surface area contributed by atoms with E-state index in [0.717, 1.165) is 22.4 Å². The molecule has 2 amide bonds. The average molecular weight is 402 g/mol. The van der Waals surface area contributed by atoms with Gasteiger partial charge < -0.3 is 15.4 Å². The molecule has 1 atom stereocenters. The minimum absolute atomic E-state index is 0.275. The molecule has 2 N–H and O–H groups in total. The predicted octanol–water partition coefficient (Wildman–Crippen LogP) is 5.27. The number of carbonyl (C=O) groups excluding carboxylic acids is 2. The van der Waals surface area contributed by atoms with Crippen LogP contribution in [0.5, 0.6) is 5.75 Å². The van der Waals surface area contributed by atoms with Gasteiger partial charge in [0.2, 0.25) is 0 Å². The number of rotatable bonds is 6. The molecule has 3 aromatic rings. The summed E-state index contributed by atoms with van der Waals surface area (Å²) in [6, 6.07) is 20.1. The Morgan fingerprint density at radius 1 is 0.833 bits per heavy atom. The Hall–Kier alpha value is -3.60. The fourth-order valence-electron chi connectivity index (χ4n) is 3.32. The largest absolute Gasteiger partial charge is 0.480 e. The highest BCUT2D eigenvalue weighted by Crippen LogP contribution is 2.24. The van der Waals surface area contributed by atoms with E-state index >= 15 is 0 Å². The molecule has 0 aromatic heterocycles. The van der Waals surface area contributed by atoms with Crippen LogP contribution in [-0.2, 0) is 4.79 Å². The first-order valence-corrected chi connectivity index (χ1v) is 9.86. The van der Waals surface area contributed by atoms with Crippen LogP contribution < -0.4 is 15.4 Å². The number of ether oxygens (including phenoxy) is 1. The Labute approximate surface area is 177 Å². The van der Waals surface area contributed by atoms with Gasteiger partial charge in [-0.1, -0.05) is 48.0 Å². The second-order valence-electron chi connectivity index (χ2n) is 7.34. The molecule has 154 valence electrons. The van der Waals surface area contributed by atoms with Gasteiger partial charge in [-0.25, -0.2) is 0 Å². The molecule has 0 saturated heterocycles. The van der Waals surface area contributed by atoms with Crippen LogP contribution in [0.4, 0.5) is 11.4 Å². The van der Waals surface area contributed by atoms with Crippen LogP contribution in [0.3, 0.4) is 0 Å². The highest BCUT2D eigenvalue weighted by atomic mass is 16.5. The molecule has 5 heteroatoms.